The summed E-state index contributed by atoms with van der Waals surface area (Å²) in [5, 5.41) is 2.54. The van der Waals surface area contributed by atoms with Gasteiger partial charge in [-0.05, 0) is 44.5 Å². The number of alkyl carbamates (subject to hydrolysis) is 1. The van der Waals surface area contributed by atoms with Gasteiger partial charge in [0.15, 0.2) is 0 Å². The number of hydrogen-bond acceptors (Lipinski definition) is 5. The van der Waals surface area contributed by atoms with Crippen LogP contribution >= 0.6 is 15.9 Å². The highest BCUT2D eigenvalue weighted by atomic mass is 79.9. The Morgan fingerprint density at radius 2 is 1.91 bits per heavy atom. The molecule has 0 aliphatic rings. The molecular formula is C16H22BrNO5. The minimum absolute atomic E-state index is 0.240. The van der Waals surface area contributed by atoms with Crippen LogP contribution in [0.15, 0.2) is 22.7 Å². The van der Waals surface area contributed by atoms with E-state index < -0.39 is 23.7 Å². The number of ether oxygens (including phenoxy) is 3. The number of carbonyl (C=O) groups excluding carboxylic acids is 2. The molecule has 1 N–H and O–H groups in total. The number of esters is 1. The highest BCUT2D eigenvalue weighted by molar-refractivity contribution is 9.10. The van der Waals surface area contributed by atoms with Crippen molar-refractivity contribution in [3.8, 4) is 5.75 Å². The molecule has 128 valence electrons. The van der Waals surface area contributed by atoms with E-state index in [0.29, 0.717) is 5.75 Å². The standard InChI is InChI=1S/C16H22BrNO5/c1-16(2,3)23-15(20)18-13(14(19)22-5)9-10-8-11(21-4)6-7-12(10)17/h6-8,13H,9H2,1-5H3,(H,18,20). The second-order valence-corrected chi connectivity index (χ2v) is 6.74. The van der Waals surface area contributed by atoms with Gasteiger partial charge in [0.25, 0.3) is 0 Å². The van der Waals surface area contributed by atoms with Crippen molar-refractivity contribution >= 4 is 28.0 Å². The summed E-state index contributed by atoms with van der Waals surface area (Å²) in [6, 6.07) is 4.53. The first kappa shape index (κ1) is 19.3. The van der Waals surface area contributed by atoms with Crippen molar-refractivity contribution in [1.82, 2.24) is 5.32 Å². The molecule has 1 aromatic carbocycles. The summed E-state index contributed by atoms with van der Waals surface area (Å²) in [5.74, 6) is 0.106. The van der Waals surface area contributed by atoms with Gasteiger partial charge in [-0.15, -0.1) is 0 Å². The van der Waals surface area contributed by atoms with E-state index >= 15 is 0 Å². The van der Waals surface area contributed by atoms with Gasteiger partial charge >= 0.3 is 12.1 Å². The highest BCUT2D eigenvalue weighted by Gasteiger charge is 2.26. The molecule has 0 aliphatic carbocycles. The van der Waals surface area contributed by atoms with Crippen LogP contribution in [0.25, 0.3) is 0 Å². The van der Waals surface area contributed by atoms with E-state index in [4.69, 9.17) is 14.2 Å². The SMILES string of the molecule is COC(=O)C(Cc1cc(OC)ccc1Br)NC(=O)OC(C)(C)C. The summed E-state index contributed by atoms with van der Waals surface area (Å²) < 4.78 is 15.9. The molecule has 0 saturated heterocycles. The summed E-state index contributed by atoms with van der Waals surface area (Å²) in [6.45, 7) is 5.25. The second-order valence-electron chi connectivity index (χ2n) is 5.88. The Labute approximate surface area is 144 Å². The number of halogens is 1. The molecule has 1 atom stereocenters. The molecule has 6 nitrogen and oxygen atoms in total. The first-order chi connectivity index (χ1) is 10.7. The third-order valence-corrected chi connectivity index (χ3v) is 3.63. The predicted molar refractivity (Wildman–Crippen MR) is 89.6 cm³/mol. The van der Waals surface area contributed by atoms with Gasteiger partial charge in [0.2, 0.25) is 0 Å². The van der Waals surface area contributed by atoms with Crippen LogP contribution < -0.4 is 10.1 Å². The van der Waals surface area contributed by atoms with Gasteiger partial charge in [0.1, 0.15) is 17.4 Å². The average Bonchev–Trinajstić information content (AvgIpc) is 2.45. The van der Waals surface area contributed by atoms with Crippen molar-refractivity contribution in [3.05, 3.63) is 28.2 Å². The van der Waals surface area contributed by atoms with E-state index in [2.05, 4.69) is 21.2 Å². The molecule has 0 aromatic heterocycles. The Morgan fingerprint density at radius 3 is 2.43 bits per heavy atom. The van der Waals surface area contributed by atoms with Crippen molar-refractivity contribution in [2.24, 2.45) is 0 Å². The molecule has 7 heteroatoms. The summed E-state index contributed by atoms with van der Waals surface area (Å²) in [7, 11) is 2.83. The van der Waals surface area contributed by atoms with Crippen LogP contribution in [-0.2, 0) is 20.7 Å². The normalized spacial score (nSPS) is 12.3. The molecule has 0 saturated carbocycles. The van der Waals surface area contributed by atoms with Crippen LogP contribution in [0.4, 0.5) is 4.79 Å². The van der Waals surface area contributed by atoms with Crippen LogP contribution in [0.1, 0.15) is 26.3 Å². The summed E-state index contributed by atoms with van der Waals surface area (Å²) >= 11 is 3.42. The smallest absolute Gasteiger partial charge is 0.408 e. The Hall–Kier alpha value is -1.76. The van der Waals surface area contributed by atoms with E-state index in [1.54, 1.807) is 40.0 Å². The van der Waals surface area contributed by atoms with E-state index in [0.717, 1.165) is 10.0 Å². The van der Waals surface area contributed by atoms with E-state index in [9.17, 15) is 9.59 Å². The lowest BCUT2D eigenvalue weighted by molar-refractivity contribution is -0.143. The van der Waals surface area contributed by atoms with Crippen LogP contribution in [0, 0.1) is 0 Å². The molecule has 0 heterocycles. The Balaban J connectivity index is 2.91. The van der Waals surface area contributed by atoms with E-state index in [-0.39, 0.29) is 6.42 Å². The Kier molecular flexibility index (Phi) is 6.87. The van der Waals surface area contributed by atoms with Gasteiger partial charge in [-0.1, -0.05) is 15.9 Å². The van der Waals surface area contributed by atoms with Crippen molar-refractivity contribution in [2.45, 2.75) is 38.8 Å². The van der Waals surface area contributed by atoms with Crippen molar-refractivity contribution in [2.75, 3.05) is 14.2 Å². The molecule has 0 fully saturated rings. The minimum atomic E-state index is -0.863. The molecule has 0 radical (unpaired) electrons. The predicted octanol–water partition coefficient (Wildman–Crippen LogP) is 3.07. The number of nitrogens with one attached hydrogen (secondary N) is 1. The summed E-state index contributed by atoms with van der Waals surface area (Å²) in [6.07, 6.45) is -0.434. The molecule has 1 unspecified atom stereocenters. The third kappa shape index (κ3) is 6.48. The fourth-order valence-corrected chi connectivity index (χ4v) is 2.25. The highest BCUT2D eigenvalue weighted by Crippen LogP contribution is 2.24. The van der Waals surface area contributed by atoms with E-state index in [1.165, 1.54) is 7.11 Å². The second kappa shape index (κ2) is 8.19. The molecule has 1 rings (SSSR count). The molecule has 23 heavy (non-hydrogen) atoms. The zero-order valence-corrected chi connectivity index (χ0v) is 15.5. The van der Waals surface area contributed by atoms with Crippen LogP contribution in [0.2, 0.25) is 0 Å². The number of hydrogen-bond donors (Lipinski definition) is 1. The van der Waals surface area contributed by atoms with Gasteiger partial charge in [-0.2, -0.15) is 0 Å². The lowest BCUT2D eigenvalue weighted by atomic mass is 10.1. The summed E-state index contributed by atoms with van der Waals surface area (Å²) in [4.78, 5) is 23.9. The fraction of sp³-hybridized carbons (Fsp3) is 0.500. The van der Waals surface area contributed by atoms with Gasteiger partial charge in [-0.3, -0.25) is 0 Å². The topological polar surface area (TPSA) is 73.9 Å². The lowest BCUT2D eigenvalue weighted by Crippen LogP contribution is -2.45. The largest absolute Gasteiger partial charge is 0.497 e. The summed E-state index contributed by atoms with van der Waals surface area (Å²) in [5.41, 5.74) is 0.150. The molecular weight excluding hydrogens is 366 g/mol. The Morgan fingerprint density at radius 1 is 1.26 bits per heavy atom. The first-order valence-electron chi connectivity index (χ1n) is 7.06. The quantitative estimate of drug-likeness (QED) is 0.785. The molecule has 0 spiro atoms. The molecule has 1 amide bonds. The fourth-order valence-electron chi connectivity index (χ4n) is 1.84. The number of carbonyl (C=O) groups is 2. The maximum absolute atomic E-state index is 11.9. The average molecular weight is 388 g/mol. The maximum Gasteiger partial charge on any atom is 0.408 e. The van der Waals surface area contributed by atoms with E-state index in [1.807, 2.05) is 6.07 Å². The van der Waals surface area contributed by atoms with Gasteiger partial charge in [-0.25, -0.2) is 9.59 Å². The third-order valence-electron chi connectivity index (χ3n) is 2.85. The monoisotopic (exact) mass is 387 g/mol. The van der Waals surface area contributed by atoms with Gasteiger partial charge in [0, 0.05) is 10.9 Å². The molecule has 0 bridgehead atoms. The van der Waals surface area contributed by atoms with Crippen LogP contribution in [0.3, 0.4) is 0 Å². The zero-order chi connectivity index (χ0) is 17.6. The van der Waals surface area contributed by atoms with Crippen LogP contribution in [0.5, 0.6) is 5.75 Å². The lowest BCUT2D eigenvalue weighted by Gasteiger charge is -2.23. The van der Waals surface area contributed by atoms with Gasteiger partial charge in [0.05, 0.1) is 14.2 Å². The van der Waals surface area contributed by atoms with Crippen molar-refractivity contribution < 1.29 is 23.8 Å². The van der Waals surface area contributed by atoms with Crippen molar-refractivity contribution in [3.63, 3.8) is 0 Å². The molecule has 0 aliphatic heterocycles. The maximum atomic E-state index is 11.9. The zero-order valence-electron chi connectivity index (χ0n) is 13.9. The van der Waals surface area contributed by atoms with Crippen molar-refractivity contribution in [1.29, 1.82) is 0 Å². The number of benzene rings is 1. The number of rotatable bonds is 5. The Bertz CT molecular complexity index is 568. The molecule has 1 aromatic rings. The first-order valence-corrected chi connectivity index (χ1v) is 7.85. The number of amides is 1. The minimum Gasteiger partial charge on any atom is -0.497 e. The number of methoxy groups -OCH3 is 2. The van der Waals surface area contributed by atoms with Crippen LogP contribution in [-0.4, -0.2) is 37.9 Å². The van der Waals surface area contributed by atoms with Gasteiger partial charge < -0.3 is 19.5 Å².